The Morgan fingerprint density at radius 3 is 2.57 bits per heavy atom. The van der Waals surface area contributed by atoms with Crippen LogP contribution in [0.3, 0.4) is 0 Å². The lowest BCUT2D eigenvalue weighted by Gasteiger charge is -2.02. The highest BCUT2D eigenvalue weighted by Crippen LogP contribution is 2.31. The summed E-state index contributed by atoms with van der Waals surface area (Å²) in [6.07, 6.45) is 0. The molecule has 0 bridgehead atoms. The molecule has 3 aromatic rings. The summed E-state index contributed by atoms with van der Waals surface area (Å²) < 4.78 is 6.77. The maximum Gasteiger partial charge on any atom is 0.433 e. The normalized spacial score (nSPS) is 10.7. The Kier molecular flexibility index (Phi) is 2.94. The number of furan rings is 1. The van der Waals surface area contributed by atoms with Gasteiger partial charge in [-0.05, 0) is 25.1 Å². The monoisotopic (exact) mass is 284 g/mol. The summed E-state index contributed by atoms with van der Waals surface area (Å²) in [7, 11) is 0. The van der Waals surface area contributed by atoms with E-state index in [-0.39, 0.29) is 5.88 Å². The Hall–Kier alpha value is -3.09. The first-order chi connectivity index (χ1) is 10.1. The maximum atomic E-state index is 10.7. The molecular weight excluding hydrogens is 272 g/mol. The van der Waals surface area contributed by atoms with Gasteiger partial charge in [-0.3, -0.25) is 10.1 Å². The van der Waals surface area contributed by atoms with Gasteiger partial charge in [0.05, 0.1) is 11.8 Å². The first kappa shape index (κ1) is 12.9. The fourth-order valence-electron chi connectivity index (χ4n) is 2.06. The molecule has 0 spiro atoms. The van der Waals surface area contributed by atoms with Crippen molar-refractivity contribution in [1.82, 2.24) is 9.78 Å². The minimum atomic E-state index is -0.587. The van der Waals surface area contributed by atoms with E-state index in [2.05, 4.69) is 5.10 Å². The quantitative estimate of drug-likeness (QED) is 0.588. The second kappa shape index (κ2) is 4.78. The van der Waals surface area contributed by atoms with Gasteiger partial charge in [-0.2, -0.15) is 5.10 Å². The Balaban J connectivity index is 2.10. The molecule has 106 valence electrons. The summed E-state index contributed by atoms with van der Waals surface area (Å²) in [5.74, 6) is 0.466. The van der Waals surface area contributed by atoms with Crippen molar-refractivity contribution in [3.8, 4) is 17.1 Å². The van der Waals surface area contributed by atoms with Crippen LogP contribution in [0.1, 0.15) is 5.56 Å². The predicted molar refractivity (Wildman–Crippen MR) is 77.1 cm³/mol. The first-order valence-electron chi connectivity index (χ1n) is 6.23. The van der Waals surface area contributed by atoms with Crippen LogP contribution in [0, 0.1) is 17.0 Å². The van der Waals surface area contributed by atoms with Gasteiger partial charge in [0.25, 0.3) is 0 Å². The molecule has 0 fully saturated rings. The molecule has 0 aliphatic carbocycles. The predicted octanol–water partition coefficient (Wildman–Crippen LogP) is 2.93. The lowest BCUT2D eigenvalue weighted by molar-refractivity contribution is -0.401. The van der Waals surface area contributed by atoms with E-state index in [0.29, 0.717) is 22.8 Å². The molecule has 2 N–H and O–H groups in total. The Labute approximate surface area is 119 Å². The Morgan fingerprint density at radius 2 is 1.95 bits per heavy atom. The van der Waals surface area contributed by atoms with Gasteiger partial charge in [0.2, 0.25) is 0 Å². The minimum absolute atomic E-state index is 0.320. The standard InChI is InChI=1S/C14H12N4O3/c1-9-13(11-7-8-12(21-11)18(19)20)16-17(14(9)15)10-5-3-2-4-6-10/h2-8H,15H2,1H3. The summed E-state index contributed by atoms with van der Waals surface area (Å²) in [5.41, 5.74) is 8.08. The van der Waals surface area contributed by atoms with Gasteiger partial charge < -0.3 is 10.2 Å². The van der Waals surface area contributed by atoms with Crippen LogP contribution in [0.15, 0.2) is 46.9 Å². The van der Waals surface area contributed by atoms with Gasteiger partial charge in [-0.25, -0.2) is 4.68 Å². The minimum Gasteiger partial charge on any atom is -0.399 e. The summed E-state index contributed by atoms with van der Waals surface area (Å²) >= 11 is 0. The second-order valence-electron chi connectivity index (χ2n) is 4.50. The fourth-order valence-corrected chi connectivity index (χ4v) is 2.06. The van der Waals surface area contributed by atoms with E-state index in [1.807, 2.05) is 30.3 Å². The van der Waals surface area contributed by atoms with E-state index in [0.717, 1.165) is 5.69 Å². The van der Waals surface area contributed by atoms with E-state index in [1.165, 1.54) is 12.1 Å². The molecule has 0 saturated carbocycles. The molecule has 0 aliphatic heterocycles. The second-order valence-corrected chi connectivity index (χ2v) is 4.50. The topological polar surface area (TPSA) is 100 Å². The number of hydrogen-bond donors (Lipinski definition) is 1. The van der Waals surface area contributed by atoms with Crippen LogP contribution in [0.25, 0.3) is 17.1 Å². The third-order valence-electron chi connectivity index (χ3n) is 3.17. The number of benzene rings is 1. The molecule has 0 unspecified atom stereocenters. The number of hydrogen-bond acceptors (Lipinski definition) is 5. The zero-order valence-electron chi connectivity index (χ0n) is 11.2. The van der Waals surface area contributed by atoms with E-state index in [1.54, 1.807) is 11.6 Å². The van der Waals surface area contributed by atoms with Crippen molar-refractivity contribution in [2.24, 2.45) is 0 Å². The first-order valence-corrected chi connectivity index (χ1v) is 6.23. The average Bonchev–Trinajstić information content (AvgIpc) is 3.07. The van der Waals surface area contributed by atoms with Crippen molar-refractivity contribution in [1.29, 1.82) is 0 Å². The molecule has 0 amide bonds. The number of para-hydroxylation sites is 1. The number of aromatic nitrogens is 2. The molecule has 0 saturated heterocycles. The SMILES string of the molecule is Cc1c(-c2ccc([N+](=O)[O-])o2)nn(-c2ccccc2)c1N. The maximum absolute atomic E-state index is 10.7. The van der Waals surface area contributed by atoms with E-state index < -0.39 is 4.92 Å². The van der Waals surface area contributed by atoms with Gasteiger partial charge in [-0.1, -0.05) is 18.2 Å². The van der Waals surface area contributed by atoms with Crippen molar-refractivity contribution in [2.45, 2.75) is 6.92 Å². The van der Waals surface area contributed by atoms with Crippen molar-refractivity contribution < 1.29 is 9.34 Å². The number of nitrogens with two attached hydrogens (primary N) is 1. The smallest absolute Gasteiger partial charge is 0.399 e. The molecule has 2 aromatic heterocycles. The molecule has 2 heterocycles. The highest BCUT2D eigenvalue weighted by atomic mass is 16.6. The van der Waals surface area contributed by atoms with Gasteiger partial charge in [0.15, 0.2) is 5.76 Å². The Bertz CT molecular complexity index is 805. The summed E-state index contributed by atoms with van der Waals surface area (Å²) in [5, 5.41) is 15.1. The van der Waals surface area contributed by atoms with Gasteiger partial charge >= 0.3 is 5.88 Å². The molecule has 3 rings (SSSR count). The van der Waals surface area contributed by atoms with E-state index in [9.17, 15) is 10.1 Å². The molecule has 0 atom stereocenters. The molecule has 0 radical (unpaired) electrons. The van der Waals surface area contributed by atoms with Crippen LogP contribution in [0.4, 0.5) is 11.7 Å². The van der Waals surface area contributed by atoms with E-state index >= 15 is 0 Å². The van der Waals surface area contributed by atoms with E-state index in [4.69, 9.17) is 10.2 Å². The van der Waals surface area contributed by atoms with Crippen LogP contribution in [-0.2, 0) is 0 Å². The summed E-state index contributed by atoms with van der Waals surface area (Å²) in [4.78, 5) is 10.1. The van der Waals surface area contributed by atoms with Crippen molar-refractivity contribution in [3.63, 3.8) is 0 Å². The highest BCUT2D eigenvalue weighted by Gasteiger charge is 2.20. The zero-order chi connectivity index (χ0) is 15.0. The van der Waals surface area contributed by atoms with Crippen LogP contribution in [-0.4, -0.2) is 14.7 Å². The molecule has 7 nitrogen and oxygen atoms in total. The van der Waals surface area contributed by atoms with Crippen LogP contribution < -0.4 is 5.73 Å². The highest BCUT2D eigenvalue weighted by molar-refractivity contribution is 5.66. The lowest BCUT2D eigenvalue weighted by atomic mass is 10.2. The van der Waals surface area contributed by atoms with Crippen molar-refractivity contribution >= 4 is 11.7 Å². The molecule has 0 aliphatic rings. The summed E-state index contributed by atoms with van der Waals surface area (Å²) in [6, 6.07) is 12.2. The molecule has 1 aromatic carbocycles. The fraction of sp³-hybridized carbons (Fsp3) is 0.0714. The van der Waals surface area contributed by atoms with Crippen molar-refractivity contribution in [3.05, 3.63) is 58.1 Å². The van der Waals surface area contributed by atoms with Crippen LogP contribution in [0.5, 0.6) is 0 Å². The number of nitrogen functional groups attached to an aromatic ring is 1. The molecule has 21 heavy (non-hydrogen) atoms. The lowest BCUT2D eigenvalue weighted by Crippen LogP contribution is -2.01. The number of nitro groups is 1. The average molecular weight is 284 g/mol. The van der Waals surface area contributed by atoms with Gasteiger partial charge in [0, 0.05) is 5.56 Å². The number of rotatable bonds is 3. The molecule has 7 heteroatoms. The third-order valence-corrected chi connectivity index (χ3v) is 3.17. The number of nitrogens with zero attached hydrogens (tertiary/aromatic N) is 3. The summed E-state index contributed by atoms with van der Waals surface area (Å²) in [6.45, 7) is 1.80. The zero-order valence-corrected chi connectivity index (χ0v) is 11.2. The molecular formula is C14H12N4O3. The number of anilines is 1. The van der Waals surface area contributed by atoms with Gasteiger partial charge in [-0.15, -0.1) is 0 Å². The largest absolute Gasteiger partial charge is 0.433 e. The van der Waals surface area contributed by atoms with Gasteiger partial charge in [0.1, 0.15) is 16.4 Å². The Morgan fingerprint density at radius 1 is 1.24 bits per heavy atom. The van der Waals surface area contributed by atoms with Crippen LogP contribution in [0.2, 0.25) is 0 Å². The third kappa shape index (κ3) is 2.14. The van der Waals surface area contributed by atoms with Crippen LogP contribution >= 0.6 is 0 Å². The van der Waals surface area contributed by atoms with Crippen molar-refractivity contribution in [2.75, 3.05) is 5.73 Å².